The molecule has 23 heteroatoms. The van der Waals surface area contributed by atoms with Crippen molar-refractivity contribution in [3.63, 3.8) is 0 Å². The van der Waals surface area contributed by atoms with Crippen LogP contribution < -0.4 is 5.32 Å². The Hall–Kier alpha value is -2.27. The number of hydrogen-bond acceptors (Lipinski definition) is 13. The first-order chi connectivity index (χ1) is 25.2. The van der Waals surface area contributed by atoms with Crippen LogP contribution in [0, 0.1) is 5.92 Å². The van der Waals surface area contributed by atoms with Crippen LogP contribution in [-0.2, 0) is 54.7 Å². The standard InChI is InChI=1S/C31H40N2O17P4/c1-31(2,3)51(35,36)48-53(39,40)50-54(41,42)49-52(37,38)43-17-24-25-26(47-29(46-25)19-9-5-6-10-19)28(45-24)33-16-22-15-23(44-27(22)32-30(33)34)21-13-12-18-8-4-7-11-20(18)14-21/h4,7-8,11-16,19,24-29H,5-6,9-10,17H2,1-3H3,(H,32,34)(H,35,36)(H,37,38)(H,39,40)(H,41,42)/t24-,25+,26?,27?,28-,29?/m1/s1. The van der Waals surface area contributed by atoms with Gasteiger partial charge in [0.05, 0.1) is 11.8 Å². The average Bonchev–Trinajstić information content (AvgIpc) is 3.86. The summed E-state index contributed by atoms with van der Waals surface area (Å²) in [5, 5.41) is 3.25. The number of ether oxygens (including phenoxy) is 4. The van der Waals surface area contributed by atoms with Crippen molar-refractivity contribution in [1.82, 2.24) is 10.2 Å². The van der Waals surface area contributed by atoms with Gasteiger partial charge in [0.25, 0.3) is 0 Å². The van der Waals surface area contributed by atoms with E-state index in [2.05, 4.69) is 18.2 Å². The minimum Gasteiger partial charge on any atom is -0.466 e. The highest BCUT2D eigenvalue weighted by molar-refractivity contribution is 7.71. The molecular weight excluding hydrogens is 796 g/mol. The number of urea groups is 1. The maximum absolute atomic E-state index is 13.5. The van der Waals surface area contributed by atoms with E-state index in [1.54, 1.807) is 12.3 Å². The summed E-state index contributed by atoms with van der Waals surface area (Å²) in [5.74, 6) is 0.574. The number of fused-ring (bicyclic) bond motifs is 3. The van der Waals surface area contributed by atoms with Gasteiger partial charge in [0.15, 0.2) is 12.5 Å². The van der Waals surface area contributed by atoms with Crippen molar-refractivity contribution in [2.75, 3.05) is 6.61 Å². The molecule has 2 aromatic rings. The van der Waals surface area contributed by atoms with Crippen LogP contribution in [0.3, 0.4) is 0 Å². The van der Waals surface area contributed by atoms with E-state index < -0.39 is 85.9 Å². The van der Waals surface area contributed by atoms with Crippen LogP contribution in [0.15, 0.2) is 60.3 Å². The number of amides is 2. The molecule has 19 nitrogen and oxygen atoms in total. The number of benzene rings is 2. The maximum atomic E-state index is 13.5. The predicted octanol–water partition coefficient (Wildman–Crippen LogP) is 5.82. The summed E-state index contributed by atoms with van der Waals surface area (Å²) in [5.41, 5.74) is 1.40. The van der Waals surface area contributed by atoms with Gasteiger partial charge in [-0.05, 0) is 56.5 Å². The highest BCUT2D eigenvalue weighted by Crippen LogP contribution is 2.73. The molecule has 0 aromatic heterocycles. The van der Waals surface area contributed by atoms with Gasteiger partial charge in [-0.1, -0.05) is 49.2 Å². The molecule has 7 rings (SSSR count). The van der Waals surface area contributed by atoms with Crippen molar-refractivity contribution in [3.05, 3.63) is 65.9 Å². The SMILES string of the molecule is CC(C)(C)P(=O)(O)OP(=O)(O)OP(=O)(O)OP(=O)(O)OC[C@H]1O[C@@H](N2C=C3C=C(c4ccc5ccccc5c4)OC3NC2=O)C2OC(C3CCCC3)O[C@H]21. The molecule has 2 amide bonds. The fourth-order valence-electron chi connectivity index (χ4n) is 6.68. The Morgan fingerprint density at radius 2 is 1.50 bits per heavy atom. The summed E-state index contributed by atoms with van der Waals surface area (Å²) in [6.07, 6.45) is 1.26. The van der Waals surface area contributed by atoms with Crippen LogP contribution in [0.1, 0.15) is 52.0 Å². The Bertz CT molecular complexity index is 2070. The van der Waals surface area contributed by atoms with Gasteiger partial charge >= 0.3 is 37.1 Å². The van der Waals surface area contributed by atoms with E-state index in [-0.39, 0.29) is 5.92 Å². The fraction of sp³-hybridized carbons (Fsp3) is 0.516. The Labute approximate surface area is 309 Å². The van der Waals surface area contributed by atoms with Crippen molar-refractivity contribution in [1.29, 1.82) is 0 Å². The van der Waals surface area contributed by atoms with Crippen LogP contribution in [0.5, 0.6) is 0 Å². The minimum atomic E-state index is -5.97. The number of rotatable bonds is 12. The number of hydrogen-bond donors (Lipinski definition) is 5. The number of phosphoric ester groups is 1. The van der Waals surface area contributed by atoms with E-state index in [0.29, 0.717) is 11.3 Å². The van der Waals surface area contributed by atoms with Gasteiger partial charge in [-0.3, -0.25) is 19.3 Å². The summed E-state index contributed by atoms with van der Waals surface area (Å²) in [7, 11) is -22.3. The molecule has 0 spiro atoms. The first-order valence-electron chi connectivity index (χ1n) is 16.9. The van der Waals surface area contributed by atoms with Gasteiger partial charge in [0.2, 0.25) is 6.23 Å². The van der Waals surface area contributed by atoms with Crippen LogP contribution in [0.25, 0.3) is 16.5 Å². The maximum Gasteiger partial charge on any atom is 0.490 e. The summed E-state index contributed by atoms with van der Waals surface area (Å²) >= 11 is 0. The van der Waals surface area contributed by atoms with Gasteiger partial charge in [-0.15, -0.1) is 0 Å². The molecule has 1 saturated carbocycles. The quantitative estimate of drug-likeness (QED) is 0.158. The Balaban J connectivity index is 1.06. The van der Waals surface area contributed by atoms with E-state index >= 15 is 0 Å². The number of carbonyl (C=O) groups is 1. The molecule has 54 heavy (non-hydrogen) atoms. The normalized spacial score (nSPS) is 31.7. The molecular formula is C31H40N2O17P4. The second-order valence-electron chi connectivity index (χ2n) is 14.4. The second-order valence-corrected chi connectivity index (χ2v) is 21.8. The first kappa shape index (κ1) is 39.9. The third-order valence-corrected chi connectivity index (χ3v) is 16.6. The summed E-state index contributed by atoms with van der Waals surface area (Å²) in [6, 6.07) is 13.1. The molecule has 7 unspecified atom stereocenters. The van der Waals surface area contributed by atoms with Gasteiger partial charge < -0.3 is 38.5 Å². The summed E-state index contributed by atoms with van der Waals surface area (Å²) in [6.45, 7) is 2.73. The molecule has 3 fully saturated rings. The summed E-state index contributed by atoms with van der Waals surface area (Å²) in [4.78, 5) is 54.9. The third kappa shape index (κ3) is 8.52. The largest absolute Gasteiger partial charge is 0.490 e. The van der Waals surface area contributed by atoms with E-state index in [0.717, 1.165) is 42.0 Å². The van der Waals surface area contributed by atoms with Crippen molar-refractivity contribution in [2.24, 2.45) is 5.92 Å². The second kappa shape index (κ2) is 14.6. The zero-order valence-electron chi connectivity index (χ0n) is 29.1. The first-order valence-corrected chi connectivity index (χ1v) is 23.0. The molecule has 10 atom stereocenters. The monoisotopic (exact) mass is 836 g/mol. The number of nitrogens with zero attached hydrogens (tertiary/aromatic N) is 1. The molecule has 5 aliphatic rings. The third-order valence-electron chi connectivity index (χ3n) is 9.46. The van der Waals surface area contributed by atoms with E-state index in [9.17, 15) is 42.6 Å². The molecule has 5 N–H and O–H groups in total. The zero-order chi connectivity index (χ0) is 38.8. The van der Waals surface area contributed by atoms with Crippen LogP contribution in [0.2, 0.25) is 0 Å². The Morgan fingerprint density at radius 1 is 0.852 bits per heavy atom. The van der Waals surface area contributed by atoms with Crippen LogP contribution in [-0.4, -0.2) is 79.3 Å². The lowest BCUT2D eigenvalue weighted by Gasteiger charge is -2.34. The Kier molecular flexibility index (Phi) is 10.8. The number of nitrogens with one attached hydrogen (secondary N) is 1. The molecule has 296 valence electrons. The van der Waals surface area contributed by atoms with Crippen molar-refractivity contribution in [2.45, 2.75) is 88.7 Å². The number of carbonyl (C=O) groups excluding carboxylic acids is 1. The molecule has 1 aliphatic carbocycles. The molecule has 0 bridgehead atoms. The lowest BCUT2D eigenvalue weighted by Crippen LogP contribution is -2.54. The van der Waals surface area contributed by atoms with Crippen molar-refractivity contribution in [3.8, 4) is 0 Å². The number of phosphoric acid groups is 3. The molecule has 2 saturated heterocycles. The zero-order valence-corrected chi connectivity index (χ0v) is 32.7. The van der Waals surface area contributed by atoms with Crippen molar-refractivity contribution >= 4 is 53.6 Å². The lowest BCUT2D eigenvalue weighted by atomic mass is 10.1. The average molecular weight is 837 g/mol. The van der Waals surface area contributed by atoms with Crippen LogP contribution in [0.4, 0.5) is 4.79 Å². The van der Waals surface area contributed by atoms with Gasteiger partial charge in [-0.2, -0.15) is 8.62 Å². The minimum absolute atomic E-state index is 0.0417. The molecule has 2 aromatic carbocycles. The van der Waals surface area contributed by atoms with E-state index in [1.165, 1.54) is 25.7 Å². The van der Waals surface area contributed by atoms with Gasteiger partial charge in [0.1, 0.15) is 24.1 Å². The van der Waals surface area contributed by atoms with Crippen LogP contribution >= 0.6 is 31.1 Å². The Morgan fingerprint density at radius 3 is 2.20 bits per heavy atom. The fourth-order valence-corrected chi connectivity index (χ4v) is 12.2. The molecule has 4 aliphatic heterocycles. The van der Waals surface area contributed by atoms with Gasteiger partial charge in [0, 0.05) is 23.3 Å². The molecule has 4 heterocycles. The van der Waals surface area contributed by atoms with Crippen molar-refractivity contribution < 1.29 is 79.0 Å². The van der Waals surface area contributed by atoms with Gasteiger partial charge in [-0.25, -0.2) is 22.8 Å². The van der Waals surface area contributed by atoms with E-state index in [4.69, 9.17) is 23.5 Å². The predicted molar refractivity (Wildman–Crippen MR) is 188 cm³/mol. The smallest absolute Gasteiger partial charge is 0.466 e. The summed E-state index contributed by atoms with van der Waals surface area (Å²) < 4.78 is 91.9. The highest BCUT2D eigenvalue weighted by atomic mass is 31.3. The lowest BCUT2D eigenvalue weighted by molar-refractivity contribution is -0.171. The highest BCUT2D eigenvalue weighted by Gasteiger charge is 2.58. The topological polar surface area (TPSA) is 255 Å². The van der Waals surface area contributed by atoms with E-state index in [1.807, 2.05) is 42.5 Å². The molecule has 0 radical (unpaired) electrons.